The summed E-state index contributed by atoms with van der Waals surface area (Å²) in [6.45, 7) is 9.06. The summed E-state index contributed by atoms with van der Waals surface area (Å²) >= 11 is 0. The Balaban J connectivity index is 2.01. The van der Waals surface area contributed by atoms with Crippen molar-refractivity contribution in [3.63, 3.8) is 0 Å². The van der Waals surface area contributed by atoms with Crippen molar-refractivity contribution in [2.45, 2.75) is 76.9 Å². The van der Waals surface area contributed by atoms with Crippen molar-refractivity contribution in [3.05, 3.63) is 0 Å². The van der Waals surface area contributed by atoms with Gasteiger partial charge < -0.3 is 0 Å². The monoisotopic (exact) mass is 263 g/mol. The highest BCUT2D eigenvalue weighted by Crippen LogP contribution is 2.35. The molecule has 0 aromatic carbocycles. The summed E-state index contributed by atoms with van der Waals surface area (Å²) in [5.74, 6) is 0.817. The summed E-state index contributed by atoms with van der Waals surface area (Å²) in [5, 5.41) is 13.1. The molecule has 0 spiro atoms. The predicted molar refractivity (Wildman–Crippen MR) is 78.8 cm³/mol. The molecule has 1 saturated carbocycles. The van der Waals surface area contributed by atoms with E-state index in [4.69, 9.17) is 0 Å². The number of hydrogen-bond acceptors (Lipinski definition) is 3. The Hall–Kier alpha value is -0.590. The van der Waals surface area contributed by atoms with Gasteiger partial charge in [0.25, 0.3) is 0 Å². The molecule has 108 valence electrons. The fourth-order valence-electron chi connectivity index (χ4n) is 4.04. The van der Waals surface area contributed by atoms with Gasteiger partial charge in [0.15, 0.2) is 0 Å². The van der Waals surface area contributed by atoms with Gasteiger partial charge in [-0.05, 0) is 57.9 Å². The van der Waals surface area contributed by atoms with Crippen LogP contribution in [0.1, 0.15) is 59.3 Å². The first-order valence-corrected chi connectivity index (χ1v) is 8.02. The van der Waals surface area contributed by atoms with Crippen LogP contribution in [0.2, 0.25) is 0 Å². The highest BCUT2D eigenvalue weighted by atomic mass is 15.2. The molecule has 4 atom stereocenters. The fourth-order valence-corrected chi connectivity index (χ4v) is 4.04. The summed E-state index contributed by atoms with van der Waals surface area (Å²) in [7, 11) is 0. The van der Waals surface area contributed by atoms with Gasteiger partial charge in [-0.3, -0.25) is 10.2 Å². The maximum Gasteiger partial charge on any atom is 0.108 e. The van der Waals surface area contributed by atoms with E-state index < -0.39 is 0 Å². The van der Waals surface area contributed by atoms with Crippen molar-refractivity contribution >= 4 is 0 Å². The highest BCUT2D eigenvalue weighted by Gasteiger charge is 2.41. The normalized spacial score (nSPS) is 40.2. The van der Waals surface area contributed by atoms with Crippen molar-refractivity contribution in [3.8, 4) is 6.07 Å². The maximum absolute atomic E-state index is 9.62. The quantitative estimate of drug-likeness (QED) is 0.847. The second kappa shape index (κ2) is 6.24. The van der Waals surface area contributed by atoms with Gasteiger partial charge in [0, 0.05) is 18.6 Å². The summed E-state index contributed by atoms with van der Waals surface area (Å²) in [5.41, 5.74) is -0.259. The Morgan fingerprint density at radius 3 is 2.79 bits per heavy atom. The van der Waals surface area contributed by atoms with Gasteiger partial charge in [-0.1, -0.05) is 13.8 Å². The molecule has 3 nitrogen and oxygen atoms in total. The second-order valence-corrected chi connectivity index (χ2v) is 6.76. The lowest BCUT2D eigenvalue weighted by Crippen LogP contribution is -2.53. The van der Waals surface area contributed by atoms with Crippen LogP contribution in [-0.2, 0) is 0 Å². The third-order valence-electron chi connectivity index (χ3n) is 4.95. The molecule has 0 radical (unpaired) electrons. The molecular weight excluding hydrogens is 234 g/mol. The Morgan fingerprint density at radius 2 is 2.21 bits per heavy atom. The Bertz CT molecular complexity index is 335. The lowest BCUT2D eigenvalue weighted by Gasteiger charge is -2.42. The fraction of sp³-hybridized carbons (Fsp3) is 0.938. The number of nitrogens with zero attached hydrogens (tertiary/aromatic N) is 2. The van der Waals surface area contributed by atoms with E-state index in [1.54, 1.807) is 0 Å². The van der Waals surface area contributed by atoms with Crippen LogP contribution >= 0.6 is 0 Å². The molecule has 1 aliphatic carbocycles. The van der Waals surface area contributed by atoms with Crippen LogP contribution < -0.4 is 5.32 Å². The van der Waals surface area contributed by atoms with Crippen LogP contribution in [0.5, 0.6) is 0 Å². The predicted octanol–water partition coefficient (Wildman–Crippen LogP) is 2.92. The SMILES string of the molecule is CCCNC1(C#N)CCCC(N2CC(C)CC2C)C1. The lowest BCUT2D eigenvalue weighted by atomic mass is 9.79. The van der Waals surface area contributed by atoms with E-state index in [0.29, 0.717) is 12.1 Å². The number of hydrogen-bond donors (Lipinski definition) is 1. The molecule has 0 aromatic rings. The zero-order chi connectivity index (χ0) is 13.9. The van der Waals surface area contributed by atoms with Gasteiger partial charge in [0.1, 0.15) is 5.54 Å². The minimum Gasteiger partial charge on any atom is -0.299 e. The molecule has 3 heteroatoms. The van der Waals surface area contributed by atoms with Crippen molar-refractivity contribution in [2.75, 3.05) is 13.1 Å². The Morgan fingerprint density at radius 1 is 1.42 bits per heavy atom. The van der Waals surface area contributed by atoms with Crippen LogP contribution in [0.15, 0.2) is 0 Å². The molecule has 2 aliphatic rings. The summed E-state index contributed by atoms with van der Waals surface area (Å²) in [6.07, 6.45) is 6.92. The average Bonchev–Trinajstić information content (AvgIpc) is 2.76. The topological polar surface area (TPSA) is 39.1 Å². The number of nitriles is 1. The number of rotatable bonds is 4. The van der Waals surface area contributed by atoms with E-state index in [9.17, 15) is 5.26 Å². The molecular formula is C16H29N3. The summed E-state index contributed by atoms with van der Waals surface area (Å²) in [4.78, 5) is 2.67. The zero-order valence-corrected chi connectivity index (χ0v) is 12.8. The van der Waals surface area contributed by atoms with Crippen molar-refractivity contribution in [1.82, 2.24) is 10.2 Å². The first-order valence-electron chi connectivity index (χ1n) is 8.02. The molecule has 1 N–H and O–H groups in total. The van der Waals surface area contributed by atoms with E-state index in [0.717, 1.165) is 31.7 Å². The smallest absolute Gasteiger partial charge is 0.108 e. The van der Waals surface area contributed by atoms with Gasteiger partial charge in [0.2, 0.25) is 0 Å². The van der Waals surface area contributed by atoms with Crippen molar-refractivity contribution in [1.29, 1.82) is 5.26 Å². The van der Waals surface area contributed by atoms with Crippen molar-refractivity contribution < 1.29 is 0 Å². The Labute approximate surface area is 118 Å². The van der Waals surface area contributed by atoms with E-state index in [1.165, 1.54) is 25.8 Å². The largest absolute Gasteiger partial charge is 0.299 e. The van der Waals surface area contributed by atoms with E-state index in [-0.39, 0.29) is 5.54 Å². The van der Waals surface area contributed by atoms with E-state index in [2.05, 4.69) is 37.1 Å². The second-order valence-electron chi connectivity index (χ2n) is 6.76. The maximum atomic E-state index is 9.62. The minimum absolute atomic E-state index is 0.259. The molecule has 4 unspecified atom stereocenters. The molecule has 0 bridgehead atoms. The molecule has 2 fully saturated rings. The average molecular weight is 263 g/mol. The number of likely N-dealkylation sites (tertiary alicyclic amines) is 1. The van der Waals surface area contributed by atoms with Crippen LogP contribution in [0, 0.1) is 17.2 Å². The third kappa shape index (κ3) is 3.30. The van der Waals surface area contributed by atoms with Gasteiger partial charge >= 0.3 is 0 Å². The first kappa shape index (κ1) is 14.8. The summed E-state index contributed by atoms with van der Waals surface area (Å²) in [6, 6.07) is 3.90. The van der Waals surface area contributed by atoms with E-state index in [1.807, 2.05) is 0 Å². The molecule has 0 aromatic heterocycles. The standard InChI is InChI=1S/C16H29N3/c1-4-8-18-16(12-17)7-5-6-15(10-16)19-11-13(2)9-14(19)3/h13-15,18H,4-11H2,1-3H3. The first-order chi connectivity index (χ1) is 9.10. The van der Waals surface area contributed by atoms with Crippen molar-refractivity contribution in [2.24, 2.45) is 5.92 Å². The molecule has 2 rings (SSSR count). The highest BCUT2D eigenvalue weighted by molar-refractivity contribution is 5.11. The third-order valence-corrected chi connectivity index (χ3v) is 4.95. The molecule has 19 heavy (non-hydrogen) atoms. The molecule has 1 aliphatic heterocycles. The number of nitrogens with one attached hydrogen (secondary N) is 1. The minimum atomic E-state index is -0.259. The van der Waals surface area contributed by atoms with Gasteiger partial charge in [-0.2, -0.15) is 5.26 Å². The molecule has 0 amide bonds. The molecule has 1 saturated heterocycles. The van der Waals surface area contributed by atoms with E-state index >= 15 is 0 Å². The van der Waals surface area contributed by atoms with Gasteiger partial charge in [-0.15, -0.1) is 0 Å². The van der Waals surface area contributed by atoms with Gasteiger partial charge in [-0.25, -0.2) is 0 Å². The van der Waals surface area contributed by atoms with Crippen LogP contribution in [0.25, 0.3) is 0 Å². The lowest BCUT2D eigenvalue weighted by molar-refractivity contribution is 0.113. The van der Waals surface area contributed by atoms with Crippen LogP contribution in [0.3, 0.4) is 0 Å². The summed E-state index contributed by atoms with van der Waals surface area (Å²) < 4.78 is 0. The Kier molecular flexibility index (Phi) is 4.86. The van der Waals surface area contributed by atoms with Crippen LogP contribution in [-0.4, -0.2) is 35.6 Å². The van der Waals surface area contributed by atoms with Crippen LogP contribution in [0.4, 0.5) is 0 Å². The van der Waals surface area contributed by atoms with Gasteiger partial charge in [0.05, 0.1) is 6.07 Å². The zero-order valence-electron chi connectivity index (χ0n) is 12.8. The molecule has 1 heterocycles.